The molecule has 0 unspecified atom stereocenters. The van der Waals surface area contributed by atoms with Gasteiger partial charge in [-0.15, -0.1) is 0 Å². The molecule has 0 N–H and O–H groups in total. The van der Waals surface area contributed by atoms with Crippen molar-refractivity contribution >= 4 is 29.8 Å². The van der Waals surface area contributed by atoms with Crippen molar-refractivity contribution in [2.24, 2.45) is 4.99 Å². The monoisotopic (exact) mass is 1410 g/mol. The summed E-state index contributed by atoms with van der Waals surface area (Å²) in [5, 5.41) is 0. The van der Waals surface area contributed by atoms with Gasteiger partial charge in [-0.05, 0) is 129 Å². The lowest BCUT2D eigenvalue weighted by Gasteiger charge is -2.19. The van der Waals surface area contributed by atoms with E-state index < -0.39 is 17.9 Å². The Morgan fingerprint density at radius 3 is 0.882 bits per heavy atom. The molecular formula is C90H135NO11. The average Bonchev–Trinajstić information content (AvgIpc) is 0.820. The largest absolute Gasteiger partial charge is 0.490 e. The van der Waals surface area contributed by atoms with Gasteiger partial charge < -0.3 is 37.9 Å². The summed E-state index contributed by atoms with van der Waals surface area (Å²) >= 11 is 0. The molecule has 566 valence electrons. The van der Waals surface area contributed by atoms with Crippen molar-refractivity contribution in [1.82, 2.24) is 0 Å². The number of benzene rings is 5. The molecule has 0 fully saturated rings. The van der Waals surface area contributed by atoms with Crippen molar-refractivity contribution in [1.29, 1.82) is 0 Å². The lowest BCUT2D eigenvalue weighted by atomic mass is 10.1. The van der Waals surface area contributed by atoms with E-state index in [4.69, 9.17) is 37.9 Å². The minimum atomic E-state index is -0.563. The predicted molar refractivity (Wildman–Crippen MR) is 423 cm³/mol. The van der Waals surface area contributed by atoms with E-state index in [9.17, 15) is 14.4 Å². The Morgan fingerprint density at radius 2 is 0.529 bits per heavy atom. The number of hydrogen-bond acceptors (Lipinski definition) is 12. The molecule has 0 aliphatic rings. The maximum atomic E-state index is 14.1. The second-order valence-electron chi connectivity index (χ2n) is 28.2. The first-order valence-corrected chi connectivity index (χ1v) is 41.2. The first kappa shape index (κ1) is 85.8. The van der Waals surface area contributed by atoms with Crippen LogP contribution in [0.4, 0.5) is 5.69 Å². The summed E-state index contributed by atoms with van der Waals surface area (Å²) in [7, 11) is 0. The van der Waals surface area contributed by atoms with Crippen molar-refractivity contribution in [2.75, 3.05) is 33.0 Å². The molecule has 5 aromatic rings. The molecular weight excluding hydrogens is 1270 g/mol. The lowest BCUT2D eigenvalue weighted by Crippen LogP contribution is -2.12. The zero-order valence-electron chi connectivity index (χ0n) is 64.4. The third kappa shape index (κ3) is 39.2. The van der Waals surface area contributed by atoms with Crippen LogP contribution in [0.25, 0.3) is 0 Å². The summed E-state index contributed by atoms with van der Waals surface area (Å²) in [6, 6.07) is 29.2. The molecule has 0 radical (unpaired) electrons. The fraction of sp³-hybridized carbons (Fsp3) is 0.622. The first-order chi connectivity index (χ1) is 50.2. The summed E-state index contributed by atoms with van der Waals surface area (Å²) in [5.74, 6) is 2.14. The van der Waals surface area contributed by atoms with E-state index in [-0.39, 0.29) is 0 Å². The summed E-state index contributed by atoms with van der Waals surface area (Å²) in [6.45, 7) is 14.0. The molecule has 102 heavy (non-hydrogen) atoms. The maximum absolute atomic E-state index is 14.1. The molecule has 5 aromatic carbocycles. The second-order valence-corrected chi connectivity index (χ2v) is 28.2. The standard InChI is InChI=1S/C90H135NO11/c1-6-11-16-21-26-31-34-39-44-49-68-97-85-72-78(73-86(98-69-50-45-40-35-32-27-22-17-12-7-2)87(85)99-70-51-46-41-36-33-28-23-18-13-8-3)90(94)102-82-63-61-81(62-64-82)100-88(92)76-54-52-75(53-55-76)74-91-79-57-59-80(60-58-79)101-89(93)77-56-65-83(95-66-47-42-37-29-24-19-14-9-4)84(71-77)96-67-48-43-38-30-25-20-15-10-5/h52-65,71-74H,6-51,66-70H2,1-5H3. The van der Waals surface area contributed by atoms with Crippen LogP contribution in [-0.2, 0) is 0 Å². The van der Waals surface area contributed by atoms with E-state index >= 15 is 0 Å². The Morgan fingerprint density at radius 1 is 0.265 bits per heavy atom. The smallest absolute Gasteiger partial charge is 0.343 e. The SMILES string of the molecule is CCCCCCCCCCCCOc1cc(C(=O)Oc2ccc(OC(=O)c3ccc(C=Nc4ccc(OC(=O)c5ccc(OCCCCCCCCCC)c(OCCCCCCCCCC)c5)cc4)cc3)cc2)cc(OCCCCCCCCCCCC)c1OCCCCCCCCCCCC. The van der Waals surface area contributed by atoms with Crippen LogP contribution < -0.4 is 37.9 Å². The first-order valence-electron chi connectivity index (χ1n) is 41.2. The van der Waals surface area contributed by atoms with E-state index in [2.05, 4.69) is 39.6 Å². The lowest BCUT2D eigenvalue weighted by molar-refractivity contribution is 0.0719. The fourth-order valence-electron chi connectivity index (χ4n) is 12.6. The molecule has 0 atom stereocenters. The van der Waals surface area contributed by atoms with Gasteiger partial charge in [-0.25, -0.2) is 14.4 Å². The van der Waals surface area contributed by atoms with E-state index in [0.717, 1.165) is 69.8 Å². The topological polar surface area (TPSA) is 137 Å². The van der Waals surface area contributed by atoms with E-state index in [1.165, 1.54) is 231 Å². The van der Waals surface area contributed by atoms with Crippen LogP contribution in [0, 0.1) is 0 Å². The highest BCUT2D eigenvalue weighted by Crippen LogP contribution is 2.41. The molecule has 0 aliphatic carbocycles. The molecule has 0 saturated carbocycles. The zero-order chi connectivity index (χ0) is 72.4. The van der Waals surface area contributed by atoms with Gasteiger partial charge in [0.15, 0.2) is 23.0 Å². The number of carbonyl (C=O) groups excluding carboxylic acids is 3. The summed E-state index contributed by atoms with van der Waals surface area (Å²) < 4.78 is 49.8. The number of rotatable bonds is 64. The second kappa shape index (κ2) is 57.6. The van der Waals surface area contributed by atoms with Crippen LogP contribution in [-0.4, -0.2) is 57.2 Å². The molecule has 0 spiro atoms. The average molecular weight is 1410 g/mol. The quantitative estimate of drug-likeness (QED) is 0.0159. The van der Waals surface area contributed by atoms with Crippen molar-refractivity contribution in [2.45, 2.75) is 330 Å². The summed E-state index contributed by atoms with van der Waals surface area (Å²) in [6.07, 6.45) is 57.9. The molecule has 0 bridgehead atoms. The molecule has 5 rings (SSSR count). The van der Waals surface area contributed by atoms with Gasteiger partial charge in [0.2, 0.25) is 5.75 Å². The Bertz CT molecular complexity index is 2910. The fourth-order valence-corrected chi connectivity index (χ4v) is 12.6. The molecule has 12 heteroatoms. The third-order valence-corrected chi connectivity index (χ3v) is 19.0. The molecule has 0 heterocycles. The van der Waals surface area contributed by atoms with Crippen LogP contribution in [0.5, 0.6) is 46.0 Å². The third-order valence-electron chi connectivity index (χ3n) is 19.0. The van der Waals surface area contributed by atoms with Crippen LogP contribution in [0.1, 0.15) is 367 Å². The van der Waals surface area contributed by atoms with Crippen LogP contribution >= 0.6 is 0 Å². The molecule has 0 aliphatic heterocycles. The highest BCUT2D eigenvalue weighted by molar-refractivity contribution is 5.94. The number of nitrogens with zero attached hydrogens (tertiary/aromatic N) is 1. The van der Waals surface area contributed by atoms with Gasteiger partial charge in [0.25, 0.3) is 0 Å². The highest BCUT2D eigenvalue weighted by atomic mass is 16.6. The van der Waals surface area contributed by atoms with Gasteiger partial charge in [0.1, 0.15) is 17.2 Å². The number of aliphatic imine (C=N–C) groups is 1. The maximum Gasteiger partial charge on any atom is 0.343 e. The Kier molecular flexibility index (Phi) is 48.4. The van der Waals surface area contributed by atoms with Gasteiger partial charge in [0.05, 0.1) is 55.4 Å². The minimum Gasteiger partial charge on any atom is -0.490 e. The Hall–Kier alpha value is -6.82. The van der Waals surface area contributed by atoms with Crippen molar-refractivity contribution in [3.63, 3.8) is 0 Å². The predicted octanol–water partition coefficient (Wildman–Crippen LogP) is 27.0. The van der Waals surface area contributed by atoms with Crippen molar-refractivity contribution in [3.8, 4) is 46.0 Å². The van der Waals surface area contributed by atoms with Crippen LogP contribution in [0.2, 0.25) is 0 Å². The molecule has 0 aromatic heterocycles. The number of ether oxygens (including phenoxy) is 8. The van der Waals surface area contributed by atoms with Gasteiger partial charge in [-0.1, -0.05) is 310 Å². The minimum absolute atomic E-state index is 0.292. The van der Waals surface area contributed by atoms with Crippen LogP contribution in [0.3, 0.4) is 0 Å². The normalized spacial score (nSPS) is 11.3. The Balaban J connectivity index is 1.16. The van der Waals surface area contributed by atoms with Crippen LogP contribution in [0.15, 0.2) is 108 Å². The van der Waals surface area contributed by atoms with Gasteiger partial charge in [-0.2, -0.15) is 0 Å². The van der Waals surface area contributed by atoms with E-state index in [1.54, 1.807) is 103 Å². The summed E-state index contributed by atoms with van der Waals surface area (Å²) in [5.41, 5.74) is 2.46. The van der Waals surface area contributed by atoms with Gasteiger partial charge in [-0.3, -0.25) is 4.99 Å². The zero-order valence-corrected chi connectivity index (χ0v) is 64.4. The van der Waals surface area contributed by atoms with Gasteiger partial charge >= 0.3 is 17.9 Å². The molecule has 0 saturated heterocycles. The summed E-state index contributed by atoms with van der Waals surface area (Å²) in [4.78, 5) is 45.7. The van der Waals surface area contributed by atoms with Crippen molar-refractivity contribution < 1.29 is 52.3 Å². The Labute approximate surface area is 618 Å². The highest BCUT2D eigenvalue weighted by Gasteiger charge is 2.22. The molecule has 0 amide bonds. The number of unbranched alkanes of at least 4 members (excludes halogenated alkanes) is 41. The van der Waals surface area contributed by atoms with E-state index in [0.29, 0.717) is 101 Å². The number of hydrogen-bond donors (Lipinski definition) is 0. The van der Waals surface area contributed by atoms with E-state index in [1.807, 2.05) is 6.07 Å². The number of carbonyl (C=O) groups is 3. The van der Waals surface area contributed by atoms with Gasteiger partial charge in [0, 0.05) is 6.21 Å². The van der Waals surface area contributed by atoms with Crippen molar-refractivity contribution in [3.05, 3.63) is 125 Å². The number of esters is 3. The molecule has 12 nitrogen and oxygen atoms in total.